The van der Waals surface area contributed by atoms with Crippen LogP contribution in [0.5, 0.6) is 0 Å². The molecule has 0 bridgehead atoms. The standard InChI is InChI=1S/C14H20F4O3Si/c1-4-20-22(19-3,21-5-2)8-6-7-10-9-11(15)13(17)14(18)12(10)16/h9H,4-8H2,1-3H3. The Hall–Kier alpha value is -0.963. The predicted molar refractivity (Wildman–Crippen MR) is 75.4 cm³/mol. The molecule has 126 valence electrons. The van der Waals surface area contributed by atoms with Gasteiger partial charge in [0.05, 0.1) is 0 Å². The minimum absolute atomic E-state index is 0.0260. The van der Waals surface area contributed by atoms with Gasteiger partial charge in [0.15, 0.2) is 23.3 Å². The van der Waals surface area contributed by atoms with E-state index < -0.39 is 32.1 Å². The fourth-order valence-electron chi connectivity index (χ4n) is 2.14. The number of aryl methyl sites for hydroxylation is 1. The van der Waals surface area contributed by atoms with Crippen molar-refractivity contribution in [2.45, 2.75) is 32.7 Å². The summed E-state index contributed by atoms with van der Waals surface area (Å²) < 4.78 is 69.2. The highest BCUT2D eigenvalue weighted by molar-refractivity contribution is 6.60. The van der Waals surface area contributed by atoms with Gasteiger partial charge in [0.25, 0.3) is 0 Å². The van der Waals surface area contributed by atoms with Crippen molar-refractivity contribution in [3.05, 3.63) is 34.9 Å². The summed E-state index contributed by atoms with van der Waals surface area (Å²) in [5.41, 5.74) is -0.219. The van der Waals surface area contributed by atoms with Gasteiger partial charge in [-0.25, -0.2) is 17.6 Å². The Balaban J connectivity index is 2.77. The van der Waals surface area contributed by atoms with Gasteiger partial charge in [0, 0.05) is 26.4 Å². The third kappa shape index (κ3) is 4.51. The van der Waals surface area contributed by atoms with Crippen molar-refractivity contribution >= 4 is 8.80 Å². The van der Waals surface area contributed by atoms with Crippen molar-refractivity contribution in [2.24, 2.45) is 0 Å². The van der Waals surface area contributed by atoms with Gasteiger partial charge < -0.3 is 13.3 Å². The lowest BCUT2D eigenvalue weighted by Gasteiger charge is -2.27. The van der Waals surface area contributed by atoms with E-state index in [1.54, 1.807) is 13.8 Å². The lowest BCUT2D eigenvalue weighted by Crippen LogP contribution is -2.44. The molecule has 0 fully saturated rings. The maximum atomic E-state index is 13.6. The van der Waals surface area contributed by atoms with Crippen LogP contribution >= 0.6 is 0 Å². The molecule has 0 aromatic heterocycles. The van der Waals surface area contributed by atoms with Crippen molar-refractivity contribution in [2.75, 3.05) is 20.3 Å². The first kappa shape index (κ1) is 19.1. The van der Waals surface area contributed by atoms with Crippen LogP contribution in [0.4, 0.5) is 17.6 Å². The van der Waals surface area contributed by atoms with Crippen LogP contribution in [-0.4, -0.2) is 29.1 Å². The van der Waals surface area contributed by atoms with E-state index in [0.29, 0.717) is 31.7 Å². The smallest absolute Gasteiger partial charge is 0.377 e. The first-order chi connectivity index (χ1) is 10.4. The van der Waals surface area contributed by atoms with Gasteiger partial charge in [-0.1, -0.05) is 0 Å². The number of benzene rings is 1. The minimum atomic E-state index is -2.86. The van der Waals surface area contributed by atoms with Crippen molar-refractivity contribution < 1.29 is 30.8 Å². The summed E-state index contributed by atoms with van der Waals surface area (Å²) in [5, 5.41) is 0. The second kappa shape index (κ2) is 8.61. The Morgan fingerprint density at radius 1 is 0.955 bits per heavy atom. The van der Waals surface area contributed by atoms with Crippen LogP contribution in [0, 0.1) is 23.3 Å². The Labute approximate surface area is 128 Å². The SMILES string of the molecule is CCO[Si](CCCc1cc(F)c(F)c(F)c1F)(OC)OCC. The third-order valence-corrected chi connectivity index (χ3v) is 6.19. The third-order valence-electron chi connectivity index (χ3n) is 3.15. The Bertz CT molecular complexity index is 493. The fourth-order valence-corrected chi connectivity index (χ4v) is 4.45. The van der Waals surface area contributed by atoms with Gasteiger partial charge >= 0.3 is 8.80 Å². The molecule has 22 heavy (non-hydrogen) atoms. The number of hydrogen-bond donors (Lipinski definition) is 0. The lowest BCUT2D eigenvalue weighted by atomic mass is 10.1. The Kier molecular flexibility index (Phi) is 7.47. The molecule has 0 aliphatic heterocycles. The summed E-state index contributed by atoms with van der Waals surface area (Å²) >= 11 is 0. The molecule has 0 atom stereocenters. The van der Waals surface area contributed by atoms with Crippen LogP contribution in [-0.2, 0) is 19.7 Å². The van der Waals surface area contributed by atoms with Crippen molar-refractivity contribution in [3.63, 3.8) is 0 Å². The monoisotopic (exact) mass is 340 g/mol. The zero-order chi connectivity index (χ0) is 16.8. The van der Waals surface area contributed by atoms with Gasteiger partial charge in [0.2, 0.25) is 0 Å². The zero-order valence-electron chi connectivity index (χ0n) is 12.8. The summed E-state index contributed by atoms with van der Waals surface area (Å²) in [6, 6.07) is 1.04. The molecule has 0 saturated heterocycles. The van der Waals surface area contributed by atoms with E-state index in [-0.39, 0.29) is 12.0 Å². The molecule has 0 saturated carbocycles. The lowest BCUT2D eigenvalue weighted by molar-refractivity contribution is 0.0861. The van der Waals surface area contributed by atoms with Gasteiger partial charge in [-0.15, -0.1) is 0 Å². The van der Waals surface area contributed by atoms with Crippen LogP contribution < -0.4 is 0 Å². The highest BCUT2D eigenvalue weighted by atomic mass is 28.4. The number of hydrogen-bond acceptors (Lipinski definition) is 3. The maximum Gasteiger partial charge on any atom is 0.500 e. The molecule has 8 heteroatoms. The van der Waals surface area contributed by atoms with E-state index in [1.807, 2.05) is 0 Å². The second-order valence-corrected chi connectivity index (χ2v) is 7.42. The second-order valence-electron chi connectivity index (χ2n) is 4.57. The molecule has 1 aromatic carbocycles. The largest absolute Gasteiger partial charge is 0.500 e. The molecule has 0 radical (unpaired) electrons. The first-order valence-electron chi connectivity index (χ1n) is 7.05. The topological polar surface area (TPSA) is 27.7 Å². The molecule has 0 amide bonds. The summed E-state index contributed by atoms with van der Waals surface area (Å²) in [6.45, 7) is 4.39. The van der Waals surface area contributed by atoms with E-state index in [1.165, 1.54) is 7.11 Å². The van der Waals surface area contributed by atoms with Gasteiger partial charge in [-0.3, -0.25) is 0 Å². The molecular formula is C14H20F4O3Si. The quantitative estimate of drug-likeness (QED) is 0.296. The van der Waals surface area contributed by atoms with Crippen LogP contribution in [0.3, 0.4) is 0 Å². The average Bonchev–Trinajstić information content (AvgIpc) is 2.50. The zero-order valence-corrected chi connectivity index (χ0v) is 13.8. The van der Waals surface area contributed by atoms with Gasteiger partial charge in [-0.05, 0) is 38.3 Å². The van der Waals surface area contributed by atoms with Crippen molar-refractivity contribution in [1.82, 2.24) is 0 Å². The minimum Gasteiger partial charge on any atom is -0.377 e. The first-order valence-corrected chi connectivity index (χ1v) is 8.98. The maximum absolute atomic E-state index is 13.6. The van der Waals surface area contributed by atoms with Gasteiger partial charge in [-0.2, -0.15) is 0 Å². The summed E-state index contributed by atoms with van der Waals surface area (Å²) in [6.07, 6.45) is 0.361. The van der Waals surface area contributed by atoms with Crippen molar-refractivity contribution in [3.8, 4) is 0 Å². The van der Waals surface area contributed by atoms with E-state index >= 15 is 0 Å². The molecule has 0 aliphatic carbocycles. The summed E-state index contributed by atoms with van der Waals surface area (Å²) in [7, 11) is -1.40. The molecule has 0 aliphatic rings. The average molecular weight is 340 g/mol. The number of halogens is 4. The molecule has 1 aromatic rings. The Morgan fingerprint density at radius 2 is 1.55 bits per heavy atom. The van der Waals surface area contributed by atoms with Crippen LogP contribution in [0.1, 0.15) is 25.8 Å². The molecular weight excluding hydrogens is 320 g/mol. The highest BCUT2D eigenvalue weighted by Gasteiger charge is 2.38. The Morgan fingerprint density at radius 3 is 2.05 bits per heavy atom. The van der Waals surface area contributed by atoms with Crippen molar-refractivity contribution in [1.29, 1.82) is 0 Å². The fraction of sp³-hybridized carbons (Fsp3) is 0.571. The normalized spacial score (nSPS) is 12.0. The molecule has 0 spiro atoms. The summed E-state index contributed by atoms with van der Waals surface area (Å²) in [5.74, 6) is -6.36. The van der Waals surface area contributed by atoms with E-state index in [4.69, 9.17) is 13.3 Å². The van der Waals surface area contributed by atoms with Gasteiger partial charge in [0.1, 0.15) is 0 Å². The van der Waals surface area contributed by atoms with E-state index in [9.17, 15) is 17.6 Å². The molecule has 0 N–H and O–H groups in total. The summed E-state index contributed by atoms with van der Waals surface area (Å²) in [4.78, 5) is 0. The molecule has 0 heterocycles. The molecule has 3 nitrogen and oxygen atoms in total. The molecule has 0 unspecified atom stereocenters. The molecule has 1 rings (SSSR count). The van der Waals surface area contributed by atoms with E-state index in [0.717, 1.165) is 0 Å². The van der Waals surface area contributed by atoms with E-state index in [2.05, 4.69) is 0 Å². The van der Waals surface area contributed by atoms with Crippen LogP contribution in [0.25, 0.3) is 0 Å². The van der Waals surface area contributed by atoms with Crippen LogP contribution in [0.2, 0.25) is 6.04 Å². The van der Waals surface area contributed by atoms with Crippen LogP contribution in [0.15, 0.2) is 6.07 Å². The highest BCUT2D eigenvalue weighted by Crippen LogP contribution is 2.23. The predicted octanol–water partition coefficient (Wildman–Crippen LogP) is 3.83. The number of rotatable bonds is 9.